The van der Waals surface area contributed by atoms with Crippen LogP contribution in [0.3, 0.4) is 0 Å². The van der Waals surface area contributed by atoms with Crippen molar-refractivity contribution in [3.05, 3.63) is 69.3 Å². The first-order valence-corrected chi connectivity index (χ1v) is 8.49. The number of aryl methyl sites for hydroxylation is 2. The van der Waals surface area contributed by atoms with Gasteiger partial charge in [-0.15, -0.1) is 0 Å². The summed E-state index contributed by atoms with van der Waals surface area (Å²) in [7, 11) is 0. The van der Waals surface area contributed by atoms with Crippen molar-refractivity contribution in [2.75, 3.05) is 11.9 Å². The zero-order chi connectivity index (χ0) is 18.7. The second kappa shape index (κ2) is 7.39. The molecule has 0 aliphatic heterocycles. The minimum Gasteiger partial charge on any atom is -0.462 e. The Labute approximate surface area is 151 Å². The number of para-hydroxylation sites is 1. The van der Waals surface area contributed by atoms with Gasteiger partial charge in [0.2, 0.25) is 0 Å². The number of nitrogens with one attached hydrogen (secondary N) is 2. The number of fused-ring (bicyclic) bond motifs is 1. The second-order valence-electron chi connectivity index (χ2n) is 6.08. The maximum atomic E-state index is 12.3. The van der Waals surface area contributed by atoms with Gasteiger partial charge in [0.05, 0.1) is 17.8 Å². The number of esters is 1. The average molecular weight is 351 g/mol. The van der Waals surface area contributed by atoms with Crippen molar-refractivity contribution < 1.29 is 9.53 Å². The fourth-order valence-electron chi connectivity index (χ4n) is 2.97. The summed E-state index contributed by atoms with van der Waals surface area (Å²) in [5.41, 5.74) is 3.95. The molecular formula is C20H21N3O3. The molecule has 26 heavy (non-hydrogen) atoms. The number of aromatic amines is 1. The molecule has 2 N–H and O–H groups in total. The molecule has 0 saturated heterocycles. The summed E-state index contributed by atoms with van der Waals surface area (Å²) < 4.78 is 5.15. The fraction of sp³-hybridized carbons (Fsp3) is 0.250. The number of rotatable bonds is 5. The molecule has 3 aromatic rings. The molecule has 0 atom stereocenters. The summed E-state index contributed by atoms with van der Waals surface area (Å²) in [6, 6.07) is 9.46. The predicted molar refractivity (Wildman–Crippen MR) is 102 cm³/mol. The van der Waals surface area contributed by atoms with Crippen LogP contribution >= 0.6 is 0 Å². The molecule has 0 saturated carbocycles. The highest BCUT2D eigenvalue weighted by Gasteiger charge is 2.17. The van der Waals surface area contributed by atoms with E-state index in [1.165, 1.54) is 6.20 Å². The van der Waals surface area contributed by atoms with Crippen LogP contribution in [0.25, 0.3) is 10.9 Å². The minimum absolute atomic E-state index is 0.133. The maximum absolute atomic E-state index is 12.3. The van der Waals surface area contributed by atoms with E-state index in [-0.39, 0.29) is 12.2 Å². The lowest BCUT2D eigenvalue weighted by atomic mass is 10.1. The number of benzene rings is 1. The molecule has 134 valence electrons. The van der Waals surface area contributed by atoms with Gasteiger partial charge in [-0.25, -0.2) is 4.79 Å². The van der Waals surface area contributed by atoms with Crippen LogP contribution in [0.15, 0.2) is 41.3 Å². The van der Waals surface area contributed by atoms with E-state index in [0.29, 0.717) is 23.4 Å². The van der Waals surface area contributed by atoms with Gasteiger partial charge < -0.3 is 15.0 Å². The lowest BCUT2D eigenvalue weighted by Gasteiger charge is -2.15. The van der Waals surface area contributed by atoms with Gasteiger partial charge in [-0.1, -0.05) is 18.2 Å². The number of hydrogen-bond acceptors (Lipinski definition) is 5. The van der Waals surface area contributed by atoms with Crippen LogP contribution in [0.5, 0.6) is 0 Å². The van der Waals surface area contributed by atoms with Crippen molar-refractivity contribution in [3.8, 4) is 0 Å². The van der Waals surface area contributed by atoms with E-state index >= 15 is 0 Å². The van der Waals surface area contributed by atoms with Crippen molar-refractivity contribution in [2.24, 2.45) is 0 Å². The summed E-state index contributed by atoms with van der Waals surface area (Å²) in [5.74, 6) is -0.442. The van der Waals surface area contributed by atoms with E-state index in [9.17, 15) is 9.59 Å². The van der Waals surface area contributed by atoms with Crippen LogP contribution < -0.4 is 10.9 Å². The smallest absolute Gasteiger partial charge is 0.341 e. The van der Waals surface area contributed by atoms with Gasteiger partial charge in [-0.2, -0.15) is 0 Å². The number of carbonyl (C=O) groups excluding carboxylic acids is 1. The zero-order valence-corrected chi connectivity index (χ0v) is 15.1. The number of H-pyrrole nitrogens is 1. The van der Waals surface area contributed by atoms with Crippen molar-refractivity contribution >= 4 is 22.6 Å². The number of ether oxygens (including phenoxy) is 1. The average Bonchev–Trinajstić information content (AvgIpc) is 2.60. The number of nitrogens with zero attached hydrogens (tertiary/aromatic N) is 1. The zero-order valence-electron chi connectivity index (χ0n) is 15.1. The summed E-state index contributed by atoms with van der Waals surface area (Å²) in [5, 5.41) is 4.06. The van der Waals surface area contributed by atoms with Crippen LogP contribution in [0, 0.1) is 13.8 Å². The molecule has 0 aliphatic rings. The van der Waals surface area contributed by atoms with Gasteiger partial charge in [0.25, 0.3) is 5.56 Å². The summed E-state index contributed by atoms with van der Waals surface area (Å²) >= 11 is 0. The molecule has 0 fully saturated rings. The largest absolute Gasteiger partial charge is 0.462 e. The first-order valence-electron chi connectivity index (χ1n) is 8.49. The number of pyridine rings is 2. The van der Waals surface area contributed by atoms with E-state index in [2.05, 4.69) is 15.3 Å². The van der Waals surface area contributed by atoms with Gasteiger partial charge >= 0.3 is 5.97 Å². The van der Waals surface area contributed by atoms with Gasteiger partial charge in [0.15, 0.2) is 0 Å². The van der Waals surface area contributed by atoms with E-state index < -0.39 is 5.97 Å². The van der Waals surface area contributed by atoms with Gasteiger partial charge in [0, 0.05) is 29.4 Å². The lowest BCUT2D eigenvalue weighted by Crippen LogP contribution is -2.19. The normalized spacial score (nSPS) is 10.7. The SMILES string of the molecule is CCOC(=O)c1cnc2ccccc2c1NCc1c(C)cc(C)[nH]c1=O. The molecule has 0 radical (unpaired) electrons. The molecule has 0 aliphatic carbocycles. The molecule has 3 rings (SSSR count). The standard InChI is InChI=1S/C20H21N3O3/c1-4-26-20(25)16-11-21-17-8-6-5-7-14(17)18(16)22-10-15-12(2)9-13(3)23-19(15)24/h5-9,11H,4,10H2,1-3H3,(H,21,22)(H,23,24). The Hall–Kier alpha value is -3.15. The molecule has 2 aromatic heterocycles. The van der Waals surface area contributed by atoms with Crippen LogP contribution in [-0.2, 0) is 11.3 Å². The molecule has 6 heteroatoms. The monoisotopic (exact) mass is 351 g/mol. The molecule has 0 amide bonds. The number of anilines is 1. The molecule has 0 bridgehead atoms. The van der Waals surface area contributed by atoms with Crippen LogP contribution in [0.1, 0.15) is 34.1 Å². The Bertz CT molecular complexity index is 1020. The molecular weight excluding hydrogens is 330 g/mol. The topological polar surface area (TPSA) is 84.1 Å². The minimum atomic E-state index is -0.442. The first kappa shape index (κ1) is 17.7. The molecule has 0 spiro atoms. The molecule has 6 nitrogen and oxygen atoms in total. The van der Waals surface area contributed by atoms with E-state index in [4.69, 9.17) is 4.74 Å². The third kappa shape index (κ3) is 3.44. The summed E-state index contributed by atoms with van der Waals surface area (Å²) in [6.45, 7) is 6.08. The quantitative estimate of drug-likeness (QED) is 0.689. The number of carbonyl (C=O) groups is 1. The van der Waals surface area contributed by atoms with E-state index in [1.54, 1.807) is 6.92 Å². The molecule has 0 unspecified atom stereocenters. The number of hydrogen-bond donors (Lipinski definition) is 2. The molecule has 2 heterocycles. The second-order valence-corrected chi connectivity index (χ2v) is 6.08. The van der Waals surface area contributed by atoms with E-state index in [1.807, 2.05) is 44.2 Å². The Kier molecular flexibility index (Phi) is 5.02. The Balaban J connectivity index is 2.04. The highest BCUT2D eigenvalue weighted by Crippen LogP contribution is 2.27. The lowest BCUT2D eigenvalue weighted by molar-refractivity contribution is 0.0527. The van der Waals surface area contributed by atoms with Crippen LogP contribution in [0.4, 0.5) is 5.69 Å². The van der Waals surface area contributed by atoms with Crippen LogP contribution in [-0.4, -0.2) is 22.5 Å². The molecule has 1 aromatic carbocycles. The third-order valence-corrected chi connectivity index (χ3v) is 4.21. The third-order valence-electron chi connectivity index (χ3n) is 4.21. The van der Waals surface area contributed by atoms with E-state index in [0.717, 1.165) is 22.2 Å². The van der Waals surface area contributed by atoms with Crippen LogP contribution in [0.2, 0.25) is 0 Å². The fourth-order valence-corrected chi connectivity index (χ4v) is 2.97. The van der Waals surface area contributed by atoms with Crippen molar-refractivity contribution in [1.29, 1.82) is 0 Å². The Morgan fingerprint density at radius 1 is 1.27 bits per heavy atom. The first-order chi connectivity index (χ1) is 12.5. The van der Waals surface area contributed by atoms with Crippen molar-refractivity contribution in [2.45, 2.75) is 27.3 Å². The number of aromatic nitrogens is 2. The Morgan fingerprint density at radius 2 is 2.04 bits per heavy atom. The summed E-state index contributed by atoms with van der Waals surface area (Å²) in [6.07, 6.45) is 1.51. The highest BCUT2D eigenvalue weighted by atomic mass is 16.5. The van der Waals surface area contributed by atoms with Gasteiger partial charge in [0.1, 0.15) is 5.56 Å². The van der Waals surface area contributed by atoms with Crippen molar-refractivity contribution in [1.82, 2.24) is 9.97 Å². The van der Waals surface area contributed by atoms with Gasteiger partial charge in [-0.3, -0.25) is 9.78 Å². The van der Waals surface area contributed by atoms with Crippen molar-refractivity contribution in [3.63, 3.8) is 0 Å². The summed E-state index contributed by atoms with van der Waals surface area (Å²) in [4.78, 5) is 31.7. The predicted octanol–water partition coefficient (Wildman–Crippen LogP) is 3.33. The Morgan fingerprint density at radius 3 is 2.77 bits per heavy atom. The van der Waals surface area contributed by atoms with Gasteiger partial charge in [-0.05, 0) is 38.5 Å². The highest BCUT2D eigenvalue weighted by molar-refractivity contribution is 6.04. The maximum Gasteiger partial charge on any atom is 0.341 e.